The van der Waals surface area contributed by atoms with Gasteiger partial charge in [0.15, 0.2) is 5.82 Å². The second-order valence-electron chi connectivity index (χ2n) is 7.46. The number of aromatic nitrogens is 4. The smallest absolute Gasteiger partial charge is 0.220 e. The fourth-order valence-corrected chi connectivity index (χ4v) is 3.31. The van der Waals surface area contributed by atoms with Gasteiger partial charge in [0, 0.05) is 38.8 Å². The number of rotatable bonds is 7. The Bertz CT molecular complexity index is 1010. The molecule has 0 unspecified atom stereocenters. The first kappa shape index (κ1) is 20.5. The fourth-order valence-electron chi connectivity index (χ4n) is 3.31. The molecule has 7 heteroatoms. The van der Waals surface area contributed by atoms with Crippen molar-refractivity contribution in [3.8, 4) is 5.82 Å². The molecule has 29 heavy (non-hydrogen) atoms. The van der Waals surface area contributed by atoms with E-state index in [-0.39, 0.29) is 5.91 Å². The van der Waals surface area contributed by atoms with Crippen LogP contribution in [0.15, 0.2) is 36.7 Å². The lowest BCUT2D eigenvalue weighted by Gasteiger charge is -2.12. The minimum atomic E-state index is 0.0370. The van der Waals surface area contributed by atoms with Gasteiger partial charge in [-0.25, -0.2) is 14.6 Å². The van der Waals surface area contributed by atoms with Crippen LogP contribution >= 0.6 is 0 Å². The van der Waals surface area contributed by atoms with Crippen molar-refractivity contribution in [1.29, 1.82) is 0 Å². The predicted octanol–water partition coefficient (Wildman–Crippen LogP) is 2.90. The molecule has 0 aliphatic heterocycles. The second-order valence-corrected chi connectivity index (χ2v) is 7.46. The van der Waals surface area contributed by atoms with Crippen molar-refractivity contribution in [2.24, 2.45) is 0 Å². The molecule has 1 amide bonds. The molecule has 0 radical (unpaired) electrons. The van der Waals surface area contributed by atoms with Gasteiger partial charge >= 0.3 is 0 Å². The summed E-state index contributed by atoms with van der Waals surface area (Å²) in [5.74, 6) is 1.58. The van der Waals surface area contributed by atoms with Crippen LogP contribution < -0.4 is 10.2 Å². The van der Waals surface area contributed by atoms with Gasteiger partial charge < -0.3 is 10.2 Å². The van der Waals surface area contributed by atoms with Crippen molar-refractivity contribution in [2.75, 3.05) is 19.0 Å². The van der Waals surface area contributed by atoms with E-state index >= 15 is 0 Å². The van der Waals surface area contributed by atoms with Crippen molar-refractivity contribution in [2.45, 2.75) is 40.2 Å². The van der Waals surface area contributed by atoms with Crippen molar-refractivity contribution in [3.63, 3.8) is 0 Å². The average Bonchev–Trinajstić information content (AvgIpc) is 2.98. The highest BCUT2D eigenvalue weighted by atomic mass is 16.1. The lowest BCUT2D eigenvalue weighted by molar-refractivity contribution is -0.121. The van der Waals surface area contributed by atoms with Crippen LogP contribution in [0.1, 0.15) is 34.5 Å². The molecule has 0 bridgehead atoms. The predicted molar refractivity (Wildman–Crippen MR) is 114 cm³/mol. The van der Waals surface area contributed by atoms with E-state index in [1.54, 1.807) is 6.33 Å². The van der Waals surface area contributed by atoms with Gasteiger partial charge in [0.2, 0.25) is 5.91 Å². The van der Waals surface area contributed by atoms with E-state index in [2.05, 4.69) is 26.4 Å². The standard InChI is InChI=1S/C22H28N6O/c1-15-7-6-8-18(11-15)13-23-22(29)10-9-19-16(2)26-28(17(19)3)21-12-20(27(4)5)24-14-25-21/h6-8,11-12,14H,9-10,13H2,1-5H3,(H,23,29). The summed E-state index contributed by atoms with van der Waals surface area (Å²) >= 11 is 0. The second kappa shape index (κ2) is 8.86. The van der Waals surface area contributed by atoms with E-state index in [1.807, 2.05) is 68.7 Å². The molecule has 1 aromatic carbocycles. The number of hydrogen-bond donors (Lipinski definition) is 1. The van der Waals surface area contributed by atoms with Crippen LogP contribution in [0.2, 0.25) is 0 Å². The van der Waals surface area contributed by atoms with E-state index in [0.717, 1.165) is 34.2 Å². The van der Waals surface area contributed by atoms with Gasteiger partial charge in [-0.3, -0.25) is 4.79 Å². The molecule has 3 aromatic rings. The third kappa shape index (κ3) is 4.99. The first-order valence-electron chi connectivity index (χ1n) is 9.72. The van der Waals surface area contributed by atoms with Crippen LogP contribution in [0.5, 0.6) is 0 Å². The highest BCUT2D eigenvalue weighted by Gasteiger charge is 2.15. The van der Waals surface area contributed by atoms with Crippen LogP contribution in [0.3, 0.4) is 0 Å². The molecule has 2 heterocycles. The monoisotopic (exact) mass is 392 g/mol. The summed E-state index contributed by atoms with van der Waals surface area (Å²) in [7, 11) is 3.88. The molecule has 7 nitrogen and oxygen atoms in total. The van der Waals surface area contributed by atoms with E-state index in [0.29, 0.717) is 19.4 Å². The lowest BCUT2D eigenvalue weighted by Crippen LogP contribution is -2.23. The van der Waals surface area contributed by atoms with Crippen molar-refractivity contribution < 1.29 is 4.79 Å². The number of aryl methyl sites for hydroxylation is 2. The van der Waals surface area contributed by atoms with Crippen LogP contribution in [0.4, 0.5) is 5.82 Å². The number of amides is 1. The number of nitrogens with zero attached hydrogens (tertiary/aromatic N) is 5. The maximum Gasteiger partial charge on any atom is 0.220 e. The maximum atomic E-state index is 12.3. The summed E-state index contributed by atoms with van der Waals surface area (Å²) in [6.45, 7) is 6.58. The number of carbonyl (C=O) groups is 1. The van der Waals surface area contributed by atoms with Gasteiger partial charge in [-0.2, -0.15) is 5.10 Å². The number of benzene rings is 1. The Hall–Kier alpha value is -3.22. The zero-order valence-electron chi connectivity index (χ0n) is 17.7. The van der Waals surface area contributed by atoms with Crippen LogP contribution in [0, 0.1) is 20.8 Å². The number of anilines is 1. The number of hydrogen-bond acceptors (Lipinski definition) is 5. The van der Waals surface area contributed by atoms with Gasteiger partial charge in [-0.15, -0.1) is 0 Å². The van der Waals surface area contributed by atoms with E-state index in [4.69, 9.17) is 0 Å². The maximum absolute atomic E-state index is 12.3. The summed E-state index contributed by atoms with van der Waals surface area (Å²) in [5, 5.41) is 7.64. The average molecular weight is 393 g/mol. The van der Waals surface area contributed by atoms with Crippen molar-refractivity contribution in [1.82, 2.24) is 25.1 Å². The number of nitrogens with one attached hydrogen (secondary N) is 1. The third-order valence-electron chi connectivity index (χ3n) is 4.93. The zero-order valence-corrected chi connectivity index (χ0v) is 17.7. The fraction of sp³-hybridized carbons (Fsp3) is 0.364. The minimum Gasteiger partial charge on any atom is -0.363 e. The first-order chi connectivity index (χ1) is 13.8. The molecule has 3 rings (SSSR count). The Labute approximate surface area is 171 Å². The highest BCUT2D eigenvalue weighted by Crippen LogP contribution is 2.20. The highest BCUT2D eigenvalue weighted by molar-refractivity contribution is 5.76. The number of carbonyl (C=O) groups excluding carboxylic acids is 1. The molecular weight excluding hydrogens is 364 g/mol. The zero-order chi connectivity index (χ0) is 21.0. The van der Waals surface area contributed by atoms with E-state index < -0.39 is 0 Å². The van der Waals surface area contributed by atoms with Gasteiger partial charge in [-0.1, -0.05) is 29.8 Å². The van der Waals surface area contributed by atoms with Crippen molar-refractivity contribution in [3.05, 3.63) is 64.7 Å². The van der Waals surface area contributed by atoms with Crippen molar-refractivity contribution >= 4 is 11.7 Å². The molecule has 0 saturated heterocycles. The summed E-state index contributed by atoms with van der Waals surface area (Å²) < 4.78 is 1.82. The largest absolute Gasteiger partial charge is 0.363 e. The first-order valence-corrected chi connectivity index (χ1v) is 9.72. The molecule has 1 N–H and O–H groups in total. The summed E-state index contributed by atoms with van der Waals surface area (Å²) in [6.07, 6.45) is 2.61. The molecular formula is C22H28N6O. The van der Waals surface area contributed by atoms with E-state index in [9.17, 15) is 4.79 Å². The Kier molecular flexibility index (Phi) is 6.26. The topological polar surface area (TPSA) is 75.9 Å². The van der Waals surface area contributed by atoms with Crippen LogP contribution in [-0.4, -0.2) is 39.8 Å². The van der Waals surface area contributed by atoms with Gasteiger partial charge in [0.1, 0.15) is 12.1 Å². The third-order valence-corrected chi connectivity index (χ3v) is 4.93. The van der Waals surface area contributed by atoms with E-state index in [1.165, 1.54) is 5.56 Å². The Morgan fingerprint density at radius 3 is 2.66 bits per heavy atom. The molecule has 0 atom stereocenters. The summed E-state index contributed by atoms with van der Waals surface area (Å²) in [6, 6.07) is 10.1. The lowest BCUT2D eigenvalue weighted by atomic mass is 10.1. The molecule has 0 fully saturated rings. The molecule has 2 aromatic heterocycles. The molecule has 152 valence electrons. The SMILES string of the molecule is Cc1cccc(CNC(=O)CCc2c(C)nn(-c3cc(N(C)C)ncn3)c2C)c1. The molecule has 0 saturated carbocycles. The normalized spacial score (nSPS) is 10.8. The molecule has 0 spiro atoms. The van der Waals surface area contributed by atoms with Gasteiger partial charge in [0.05, 0.1) is 5.69 Å². The quantitative estimate of drug-likeness (QED) is 0.669. The van der Waals surface area contributed by atoms with Crippen LogP contribution in [0.25, 0.3) is 5.82 Å². The molecule has 0 aliphatic rings. The van der Waals surface area contributed by atoms with Gasteiger partial charge in [-0.05, 0) is 38.3 Å². The Morgan fingerprint density at radius 1 is 1.14 bits per heavy atom. The summed E-state index contributed by atoms with van der Waals surface area (Å²) in [5.41, 5.74) is 5.30. The van der Waals surface area contributed by atoms with Gasteiger partial charge in [0.25, 0.3) is 0 Å². The Balaban J connectivity index is 1.66. The Morgan fingerprint density at radius 2 is 1.93 bits per heavy atom. The minimum absolute atomic E-state index is 0.0370. The van der Waals surface area contributed by atoms with Crippen LogP contribution in [-0.2, 0) is 17.8 Å². The summed E-state index contributed by atoms with van der Waals surface area (Å²) in [4.78, 5) is 22.9. The molecule has 0 aliphatic carbocycles.